The summed E-state index contributed by atoms with van der Waals surface area (Å²) in [6.07, 6.45) is 3.94. The normalized spacial score (nSPS) is 17.2. The Balaban J connectivity index is 1.61. The number of ether oxygens (including phenoxy) is 1. The number of amides is 1. The van der Waals surface area contributed by atoms with E-state index in [9.17, 15) is 14.7 Å². The van der Waals surface area contributed by atoms with Gasteiger partial charge in [-0.1, -0.05) is 30.3 Å². The first-order chi connectivity index (χ1) is 17.0. The molecule has 4 rings (SSSR count). The van der Waals surface area contributed by atoms with E-state index in [2.05, 4.69) is 4.98 Å². The number of nitrogens with zero attached hydrogens (tertiary/aromatic N) is 3. The molecule has 0 spiro atoms. The molecular weight excluding hydrogens is 442 g/mol. The fourth-order valence-corrected chi connectivity index (χ4v) is 4.17. The zero-order valence-electron chi connectivity index (χ0n) is 19.9. The second kappa shape index (κ2) is 11.0. The van der Waals surface area contributed by atoms with Crippen LogP contribution < -0.4 is 4.74 Å². The van der Waals surface area contributed by atoms with Crippen LogP contribution in [-0.4, -0.2) is 58.8 Å². The van der Waals surface area contributed by atoms with Crippen molar-refractivity contribution in [2.24, 2.45) is 0 Å². The van der Waals surface area contributed by atoms with Crippen molar-refractivity contribution in [3.8, 4) is 5.75 Å². The molecule has 1 fully saturated rings. The minimum absolute atomic E-state index is 0.0870. The number of aliphatic hydroxyl groups excluding tert-OH is 1. The van der Waals surface area contributed by atoms with E-state index in [-0.39, 0.29) is 11.3 Å². The quantitative estimate of drug-likeness (QED) is 0.288. The van der Waals surface area contributed by atoms with Gasteiger partial charge in [0.1, 0.15) is 18.1 Å². The molecule has 1 aliphatic heterocycles. The highest BCUT2D eigenvalue weighted by atomic mass is 16.5. The summed E-state index contributed by atoms with van der Waals surface area (Å²) in [6, 6.07) is 19.6. The van der Waals surface area contributed by atoms with E-state index in [1.54, 1.807) is 53.7 Å². The molecule has 0 aliphatic carbocycles. The molecule has 3 aromatic rings. The Hall–Kier alpha value is -3.97. The maximum absolute atomic E-state index is 13.1. The minimum atomic E-state index is -0.682. The number of carbonyl (C=O) groups excluding carboxylic acids is 2. The number of likely N-dealkylation sites (tertiary alicyclic amines) is 1. The third-order valence-electron chi connectivity index (χ3n) is 5.94. The zero-order chi connectivity index (χ0) is 24.8. The average molecular weight is 472 g/mol. The van der Waals surface area contributed by atoms with Gasteiger partial charge in [0.25, 0.3) is 11.7 Å². The van der Waals surface area contributed by atoms with Gasteiger partial charge in [-0.25, -0.2) is 0 Å². The second-order valence-corrected chi connectivity index (χ2v) is 8.73. The Morgan fingerprint density at radius 3 is 2.34 bits per heavy atom. The van der Waals surface area contributed by atoms with Gasteiger partial charge in [0.15, 0.2) is 0 Å². The molecule has 0 saturated carbocycles. The van der Waals surface area contributed by atoms with Gasteiger partial charge in [0.05, 0.1) is 11.6 Å². The van der Waals surface area contributed by atoms with Crippen LogP contribution in [0.4, 0.5) is 0 Å². The van der Waals surface area contributed by atoms with E-state index in [1.807, 2.05) is 49.3 Å². The van der Waals surface area contributed by atoms with Crippen molar-refractivity contribution < 1.29 is 19.4 Å². The number of rotatable bonds is 9. The van der Waals surface area contributed by atoms with Crippen molar-refractivity contribution in [2.45, 2.75) is 19.1 Å². The summed E-state index contributed by atoms with van der Waals surface area (Å²) in [5, 5.41) is 11.2. The minimum Gasteiger partial charge on any atom is -0.507 e. The first kappa shape index (κ1) is 24.2. The van der Waals surface area contributed by atoms with Gasteiger partial charge < -0.3 is 19.6 Å². The molecule has 0 radical (unpaired) electrons. The predicted octanol–water partition coefficient (Wildman–Crippen LogP) is 4.03. The molecule has 35 heavy (non-hydrogen) atoms. The lowest BCUT2D eigenvalue weighted by Crippen LogP contribution is -2.32. The maximum atomic E-state index is 13.1. The van der Waals surface area contributed by atoms with Crippen LogP contribution in [0.1, 0.15) is 29.2 Å². The van der Waals surface area contributed by atoms with Crippen molar-refractivity contribution in [3.63, 3.8) is 0 Å². The van der Waals surface area contributed by atoms with Crippen LogP contribution in [0.5, 0.6) is 5.75 Å². The van der Waals surface area contributed by atoms with Crippen LogP contribution in [0, 0.1) is 0 Å². The highest BCUT2D eigenvalue weighted by Gasteiger charge is 2.45. The average Bonchev–Trinajstić information content (AvgIpc) is 3.13. The number of aromatic nitrogens is 1. The third kappa shape index (κ3) is 5.58. The number of hydrogen-bond acceptors (Lipinski definition) is 6. The SMILES string of the molecule is CN(C)CCCN1C(=O)C(=O)/C(=C(\O)c2ccc(OCc3ccccc3)cc2)C1c1ccncc1. The summed E-state index contributed by atoms with van der Waals surface area (Å²) in [7, 11) is 3.92. The Morgan fingerprint density at radius 2 is 1.69 bits per heavy atom. The fourth-order valence-electron chi connectivity index (χ4n) is 4.17. The molecule has 7 nitrogen and oxygen atoms in total. The molecule has 1 aliphatic rings. The van der Waals surface area contributed by atoms with Crippen LogP contribution in [0.3, 0.4) is 0 Å². The van der Waals surface area contributed by atoms with Crippen LogP contribution in [-0.2, 0) is 16.2 Å². The first-order valence-corrected chi connectivity index (χ1v) is 11.6. The number of aliphatic hydroxyl groups is 1. The molecule has 1 saturated heterocycles. The Labute approximate surface area is 205 Å². The number of benzene rings is 2. The van der Waals surface area contributed by atoms with E-state index < -0.39 is 17.7 Å². The summed E-state index contributed by atoms with van der Waals surface area (Å²) in [5.41, 5.74) is 2.31. The molecule has 2 heterocycles. The monoisotopic (exact) mass is 471 g/mol. The van der Waals surface area contributed by atoms with Gasteiger partial charge in [-0.2, -0.15) is 0 Å². The summed E-state index contributed by atoms with van der Waals surface area (Å²) in [5.74, 6) is -0.844. The van der Waals surface area contributed by atoms with E-state index in [1.165, 1.54) is 0 Å². The lowest BCUT2D eigenvalue weighted by molar-refractivity contribution is -0.139. The van der Waals surface area contributed by atoms with E-state index in [4.69, 9.17) is 4.74 Å². The van der Waals surface area contributed by atoms with Crippen LogP contribution in [0.15, 0.2) is 84.7 Å². The summed E-state index contributed by atoms with van der Waals surface area (Å²) < 4.78 is 5.82. The molecule has 1 unspecified atom stereocenters. The fraction of sp³-hybridized carbons (Fsp3) is 0.250. The van der Waals surface area contributed by atoms with Crippen molar-refractivity contribution in [2.75, 3.05) is 27.2 Å². The van der Waals surface area contributed by atoms with Gasteiger partial charge in [0.2, 0.25) is 0 Å². The largest absolute Gasteiger partial charge is 0.507 e. The topological polar surface area (TPSA) is 83.0 Å². The number of hydrogen-bond donors (Lipinski definition) is 1. The highest BCUT2D eigenvalue weighted by molar-refractivity contribution is 6.46. The zero-order valence-corrected chi connectivity index (χ0v) is 19.9. The Kier molecular flexibility index (Phi) is 7.57. The van der Waals surface area contributed by atoms with Crippen molar-refractivity contribution in [1.82, 2.24) is 14.8 Å². The van der Waals surface area contributed by atoms with Crippen LogP contribution in [0.2, 0.25) is 0 Å². The second-order valence-electron chi connectivity index (χ2n) is 8.73. The smallest absolute Gasteiger partial charge is 0.295 e. The van der Waals surface area contributed by atoms with E-state index in [0.29, 0.717) is 30.9 Å². The standard InChI is InChI=1S/C28H29N3O4/c1-30(2)17-6-18-31-25(21-13-15-29-16-14-21)24(27(33)28(31)34)26(32)22-9-11-23(12-10-22)35-19-20-7-4-3-5-8-20/h3-5,7-16,25,32H,6,17-19H2,1-2H3/b26-24-. The number of Topliss-reactive ketones (excluding diaryl/α,β-unsaturated/α-hetero) is 1. The van der Waals surface area contributed by atoms with Crippen molar-refractivity contribution in [3.05, 3.63) is 101 Å². The third-order valence-corrected chi connectivity index (χ3v) is 5.94. The molecule has 180 valence electrons. The number of pyridine rings is 1. The molecule has 7 heteroatoms. The molecule has 1 aromatic heterocycles. The van der Waals surface area contributed by atoms with Gasteiger partial charge in [-0.3, -0.25) is 14.6 Å². The van der Waals surface area contributed by atoms with Gasteiger partial charge in [-0.15, -0.1) is 0 Å². The molecule has 1 amide bonds. The lowest BCUT2D eigenvalue weighted by atomic mass is 9.96. The summed E-state index contributed by atoms with van der Waals surface area (Å²) in [4.78, 5) is 33.7. The maximum Gasteiger partial charge on any atom is 0.295 e. The van der Waals surface area contributed by atoms with E-state index in [0.717, 1.165) is 17.7 Å². The van der Waals surface area contributed by atoms with Gasteiger partial charge in [-0.05, 0) is 74.6 Å². The molecule has 1 N–H and O–H groups in total. The van der Waals surface area contributed by atoms with E-state index >= 15 is 0 Å². The van der Waals surface area contributed by atoms with Crippen LogP contribution >= 0.6 is 0 Å². The summed E-state index contributed by atoms with van der Waals surface area (Å²) >= 11 is 0. The highest BCUT2D eigenvalue weighted by Crippen LogP contribution is 2.39. The number of ketones is 1. The molecule has 1 atom stereocenters. The van der Waals surface area contributed by atoms with Gasteiger partial charge >= 0.3 is 0 Å². The summed E-state index contributed by atoms with van der Waals surface area (Å²) in [6.45, 7) is 1.60. The first-order valence-electron chi connectivity index (χ1n) is 11.6. The lowest BCUT2D eigenvalue weighted by Gasteiger charge is -2.25. The Morgan fingerprint density at radius 1 is 1.00 bits per heavy atom. The van der Waals surface area contributed by atoms with Crippen molar-refractivity contribution in [1.29, 1.82) is 0 Å². The van der Waals surface area contributed by atoms with Gasteiger partial charge in [0, 0.05) is 24.5 Å². The molecule has 2 aromatic carbocycles. The number of carbonyl (C=O) groups is 2. The van der Waals surface area contributed by atoms with Crippen LogP contribution in [0.25, 0.3) is 5.76 Å². The predicted molar refractivity (Wildman–Crippen MR) is 134 cm³/mol. The van der Waals surface area contributed by atoms with Crippen molar-refractivity contribution >= 4 is 17.4 Å². The molecule has 0 bridgehead atoms. The Bertz CT molecular complexity index is 1190. The molecular formula is C28H29N3O4.